The van der Waals surface area contributed by atoms with E-state index in [2.05, 4.69) is 10.0 Å². The molecule has 0 aliphatic rings. The number of amides is 1. The van der Waals surface area contributed by atoms with Gasteiger partial charge in [-0.15, -0.1) is 11.3 Å². The van der Waals surface area contributed by atoms with Crippen LogP contribution in [0.1, 0.15) is 20.1 Å². The number of benzene rings is 1. The second kappa shape index (κ2) is 7.54. The van der Waals surface area contributed by atoms with Gasteiger partial charge in [-0.25, -0.2) is 13.1 Å². The third-order valence-electron chi connectivity index (χ3n) is 3.09. The van der Waals surface area contributed by atoms with Crippen LogP contribution in [0.2, 0.25) is 0 Å². The number of alkyl halides is 3. The first-order chi connectivity index (χ1) is 11.5. The molecule has 1 heterocycles. The van der Waals surface area contributed by atoms with Gasteiger partial charge in [-0.2, -0.15) is 13.2 Å². The molecular formula is C15H15F3N2O3S2. The largest absolute Gasteiger partial charge is 0.416 e. The fraction of sp³-hybridized carbons (Fsp3) is 0.267. The summed E-state index contributed by atoms with van der Waals surface area (Å²) < 4.78 is 61.8. The molecule has 0 aliphatic heterocycles. The second-order valence-corrected chi connectivity index (χ2v) is 8.21. The molecule has 0 saturated heterocycles. The second-order valence-electron chi connectivity index (χ2n) is 5.21. The van der Waals surface area contributed by atoms with Crippen LogP contribution >= 0.6 is 11.3 Å². The number of carbonyl (C=O) groups excluding carboxylic acids is 1. The fourth-order valence-corrected chi connectivity index (χ4v) is 3.30. The van der Waals surface area contributed by atoms with Crippen LogP contribution in [0.15, 0.2) is 36.4 Å². The lowest BCUT2D eigenvalue weighted by atomic mass is 10.2. The van der Waals surface area contributed by atoms with Crippen LogP contribution in [0.5, 0.6) is 0 Å². The van der Waals surface area contributed by atoms with Crippen molar-refractivity contribution in [3.05, 3.63) is 51.7 Å². The van der Waals surface area contributed by atoms with Gasteiger partial charge >= 0.3 is 6.18 Å². The summed E-state index contributed by atoms with van der Waals surface area (Å²) in [6, 6.07) is 7.45. The van der Waals surface area contributed by atoms with Gasteiger partial charge in [-0.05, 0) is 42.8 Å². The van der Waals surface area contributed by atoms with Gasteiger partial charge in [0.05, 0.1) is 16.7 Å². The topological polar surface area (TPSA) is 75.3 Å². The summed E-state index contributed by atoms with van der Waals surface area (Å²) in [6.45, 7) is 0.222. The normalized spacial score (nSPS) is 12.2. The Morgan fingerprint density at radius 2 is 1.76 bits per heavy atom. The first kappa shape index (κ1) is 19.4. The van der Waals surface area contributed by atoms with Gasteiger partial charge in [0.15, 0.2) is 0 Å². The average molecular weight is 392 g/mol. The summed E-state index contributed by atoms with van der Waals surface area (Å²) in [7, 11) is -3.26. The molecular weight excluding hydrogens is 377 g/mol. The first-order valence-electron chi connectivity index (χ1n) is 7.06. The van der Waals surface area contributed by atoms with Crippen molar-refractivity contribution in [3.8, 4) is 0 Å². The van der Waals surface area contributed by atoms with Crippen LogP contribution in [0.4, 0.5) is 18.9 Å². The summed E-state index contributed by atoms with van der Waals surface area (Å²) in [5, 5.41) is 2.52. The maximum absolute atomic E-state index is 12.5. The Balaban J connectivity index is 1.95. The Kier molecular flexibility index (Phi) is 5.86. The van der Waals surface area contributed by atoms with Gasteiger partial charge in [-0.1, -0.05) is 0 Å². The molecule has 1 aromatic carbocycles. The van der Waals surface area contributed by atoms with Gasteiger partial charge < -0.3 is 5.32 Å². The zero-order valence-corrected chi connectivity index (χ0v) is 14.7. The van der Waals surface area contributed by atoms with E-state index in [0.717, 1.165) is 23.3 Å². The van der Waals surface area contributed by atoms with Crippen LogP contribution in [0.25, 0.3) is 0 Å². The molecule has 25 heavy (non-hydrogen) atoms. The maximum Gasteiger partial charge on any atom is 0.416 e. The lowest BCUT2D eigenvalue weighted by molar-refractivity contribution is -0.137. The summed E-state index contributed by atoms with van der Waals surface area (Å²) in [4.78, 5) is 13.3. The Morgan fingerprint density at radius 1 is 1.12 bits per heavy atom. The van der Waals surface area contributed by atoms with E-state index in [9.17, 15) is 26.4 Å². The standard InChI is InChI=1S/C15H15F3N2O3S2/c1-25(22,23)19-9-8-12-6-7-13(24-12)14(21)20-11-4-2-10(3-5-11)15(16,17)18/h2-7,19H,8-9H2,1H3,(H,20,21). The number of hydrogen-bond donors (Lipinski definition) is 2. The van der Waals surface area contributed by atoms with Crippen molar-refractivity contribution in [2.75, 3.05) is 18.1 Å². The summed E-state index contributed by atoms with van der Waals surface area (Å²) >= 11 is 1.19. The number of sulfonamides is 1. The van der Waals surface area contributed by atoms with Crippen molar-refractivity contribution in [3.63, 3.8) is 0 Å². The third-order valence-corrected chi connectivity index (χ3v) is 4.96. The third kappa shape index (κ3) is 6.15. The molecule has 136 valence electrons. The highest BCUT2D eigenvalue weighted by Gasteiger charge is 2.30. The van der Waals surface area contributed by atoms with Crippen molar-refractivity contribution in [1.29, 1.82) is 0 Å². The quantitative estimate of drug-likeness (QED) is 0.793. The Labute approximate surface area is 146 Å². The number of hydrogen-bond acceptors (Lipinski definition) is 4. The lowest BCUT2D eigenvalue weighted by Gasteiger charge is -2.08. The molecule has 0 bridgehead atoms. The van der Waals surface area contributed by atoms with Crippen LogP contribution in [0, 0.1) is 0 Å². The molecule has 1 amide bonds. The van der Waals surface area contributed by atoms with E-state index in [-0.39, 0.29) is 12.2 Å². The van der Waals surface area contributed by atoms with Crippen molar-refractivity contribution in [2.45, 2.75) is 12.6 Å². The summed E-state index contributed by atoms with van der Waals surface area (Å²) in [5.74, 6) is -0.438. The van der Waals surface area contributed by atoms with Crippen LogP contribution < -0.4 is 10.0 Å². The monoisotopic (exact) mass is 392 g/mol. The zero-order valence-electron chi connectivity index (χ0n) is 13.1. The van der Waals surface area contributed by atoms with Gasteiger partial charge in [0.25, 0.3) is 5.91 Å². The highest BCUT2D eigenvalue weighted by molar-refractivity contribution is 7.88. The minimum atomic E-state index is -4.43. The highest BCUT2D eigenvalue weighted by atomic mass is 32.2. The van der Waals surface area contributed by atoms with Gasteiger partial charge in [0, 0.05) is 17.1 Å². The van der Waals surface area contributed by atoms with Gasteiger partial charge in [-0.3, -0.25) is 4.79 Å². The van der Waals surface area contributed by atoms with Crippen LogP contribution in [-0.2, 0) is 22.6 Å². The molecule has 0 fully saturated rings. The van der Waals surface area contributed by atoms with E-state index < -0.39 is 27.7 Å². The lowest BCUT2D eigenvalue weighted by Crippen LogP contribution is -2.24. The molecule has 5 nitrogen and oxygen atoms in total. The zero-order chi connectivity index (χ0) is 18.7. The smallest absolute Gasteiger partial charge is 0.321 e. The van der Waals surface area contributed by atoms with E-state index in [0.29, 0.717) is 11.3 Å². The molecule has 0 radical (unpaired) electrons. The minimum absolute atomic E-state index is 0.222. The number of carbonyl (C=O) groups is 1. The van der Waals surface area contributed by atoms with E-state index in [1.54, 1.807) is 12.1 Å². The molecule has 2 rings (SSSR count). The van der Waals surface area contributed by atoms with Crippen molar-refractivity contribution in [2.24, 2.45) is 0 Å². The van der Waals surface area contributed by atoms with E-state index in [4.69, 9.17) is 0 Å². The molecule has 0 spiro atoms. The SMILES string of the molecule is CS(=O)(=O)NCCc1ccc(C(=O)Nc2ccc(C(F)(F)F)cc2)s1. The molecule has 10 heteroatoms. The number of thiophene rings is 1. The molecule has 0 atom stereocenters. The summed E-state index contributed by atoms with van der Waals surface area (Å²) in [6.07, 6.45) is -2.93. The number of halogens is 3. The maximum atomic E-state index is 12.5. The molecule has 0 aliphatic carbocycles. The van der Waals surface area contributed by atoms with Crippen molar-refractivity contribution in [1.82, 2.24) is 4.72 Å². The first-order valence-corrected chi connectivity index (χ1v) is 9.77. The molecule has 0 saturated carbocycles. The Hall–Kier alpha value is -1.91. The van der Waals surface area contributed by atoms with Crippen LogP contribution in [0.3, 0.4) is 0 Å². The van der Waals surface area contributed by atoms with E-state index in [1.807, 2.05) is 0 Å². The number of rotatable bonds is 6. The highest BCUT2D eigenvalue weighted by Crippen LogP contribution is 2.30. The fourth-order valence-electron chi connectivity index (χ4n) is 1.93. The van der Waals surface area contributed by atoms with Gasteiger partial charge in [0.1, 0.15) is 0 Å². The number of nitrogens with one attached hydrogen (secondary N) is 2. The molecule has 2 N–H and O–H groups in total. The summed E-state index contributed by atoms with van der Waals surface area (Å²) in [5.41, 5.74) is -0.533. The van der Waals surface area contributed by atoms with Gasteiger partial charge in [0.2, 0.25) is 10.0 Å². The predicted octanol–water partition coefficient (Wildman–Crippen LogP) is 3.11. The molecule has 2 aromatic rings. The van der Waals surface area contributed by atoms with E-state index in [1.165, 1.54) is 23.5 Å². The number of anilines is 1. The predicted molar refractivity (Wildman–Crippen MR) is 90.3 cm³/mol. The van der Waals surface area contributed by atoms with E-state index >= 15 is 0 Å². The average Bonchev–Trinajstić information content (AvgIpc) is 2.94. The van der Waals surface area contributed by atoms with Crippen molar-refractivity contribution < 1.29 is 26.4 Å². The Morgan fingerprint density at radius 3 is 2.32 bits per heavy atom. The molecule has 1 aromatic heterocycles. The van der Waals surface area contributed by atoms with Crippen molar-refractivity contribution >= 4 is 33.0 Å². The van der Waals surface area contributed by atoms with Crippen LogP contribution in [-0.4, -0.2) is 27.1 Å². The minimum Gasteiger partial charge on any atom is -0.321 e. The molecule has 0 unspecified atom stereocenters. The Bertz CT molecular complexity index is 844.